The second kappa shape index (κ2) is 6.14. The van der Waals surface area contributed by atoms with Crippen molar-refractivity contribution in [2.45, 2.75) is 51.0 Å². The van der Waals surface area contributed by atoms with Crippen molar-refractivity contribution in [3.05, 3.63) is 35.4 Å². The first-order valence-corrected chi connectivity index (χ1v) is 8.32. The second-order valence-corrected chi connectivity index (χ2v) is 6.48. The highest BCUT2D eigenvalue weighted by molar-refractivity contribution is 6.11. The molecule has 1 aromatic carbocycles. The van der Waals surface area contributed by atoms with Crippen LogP contribution in [0.25, 0.3) is 0 Å². The normalized spacial score (nSPS) is 19.4. The number of aryl methyl sites for hydroxylation is 1. The summed E-state index contributed by atoms with van der Waals surface area (Å²) in [6, 6.07) is 6.98. The Hall–Kier alpha value is -2.17. The third-order valence-corrected chi connectivity index (χ3v) is 4.82. The maximum Gasteiger partial charge on any atom is 0.325 e. The van der Waals surface area contributed by atoms with E-state index >= 15 is 0 Å². The third kappa shape index (κ3) is 2.87. The number of carbonyl (C=O) groups is 3. The monoisotopic (exact) mass is 314 g/mol. The highest BCUT2D eigenvalue weighted by Gasteiger charge is 2.52. The van der Waals surface area contributed by atoms with Crippen molar-refractivity contribution < 1.29 is 14.4 Å². The zero-order chi connectivity index (χ0) is 16.4. The number of nitrogens with zero attached hydrogens (tertiary/aromatic N) is 1. The Morgan fingerprint density at radius 2 is 1.83 bits per heavy atom. The van der Waals surface area contributed by atoms with Crippen molar-refractivity contribution in [3.8, 4) is 0 Å². The molecular formula is C18H22N2O3. The molecule has 5 heteroatoms. The molecule has 1 aromatic rings. The van der Waals surface area contributed by atoms with Gasteiger partial charge in [-0.2, -0.15) is 0 Å². The van der Waals surface area contributed by atoms with Gasteiger partial charge in [0.2, 0.25) is 0 Å². The van der Waals surface area contributed by atoms with Gasteiger partial charge in [0.1, 0.15) is 5.54 Å². The van der Waals surface area contributed by atoms with Gasteiger partial charge in [0, 0.05) is 5.56 Å². The van der Waals surface area contributed by atoms with E-state index in [9.17, 15) is 14.4 Å². The summed E-state index contributed by atoms with van der Waals surface area (Å²) >= 11 is 0. The largest absolute Gasteiger partial charge is 0.325 e. The SMILES string of the molecule is CCCc1ccc(C(=O)CN2C(=O)NC3(CCCC3)C2=O)cc1. The van der Waals surface area contributed by atoms with Crippen LogP contribution in [-0.4, -0.2) is 34.7 Å². The van der Waals surface area contributed by atoms with Gasteiger partial charge in [-0.15, -0.1) is 0 Å². The number of benzene rings is 1. The van der Waals surface area contributed by atoms with E-state index in [0.29, 0.717) is 18.4 Å². The van der Waals surface area contributed by atoms with Gasteiger partial charge < -0.3 is 5.32 Å². The van der Waals surface area contributed by atoms with Crippen molar-refractivity contribution in [3.63, 3.8) is 0 Å². The maximum absolute atomic E-state index is 12.5. The lowest BCUT2D eigenvalue weighted by atomic mass is 9.98. The van der Waals surface area contributed by atoms with Crippen LogP contribution < -0.4 is 5.32 Å². The van der Waals surface area contributed by atoms with Crippen LogP contribution >= 0.6 is 0 Å². The first kappa shape index (κ1) is 15.7. The zero-order valence-corrected chi connectivity index (χ0v) is 13.4. The summed E-state index contributed by atoms with van der Waals surface area (Å²) < 4.78 is 0. The molecule has 3 amide bonds. The molecule has 0 bridgehead atoms. The molecular weight excluding hydrogens is 292 g/mol. The minimum atomic E-state index is -0.748. The first-order valence-electron chi connectivity index (χ1n) is 8.32. The lowest BCUT2D eigenvalue weighted by Gasteiger charge is -2.19. The van der Waals surface area contributed by atoms with Crippen LogP contribution in [0.15, 0.2) is 24.3 Å². The van der Waals surface area contributed by atoms with E-state index in [1.54, 1.807) is 12.1 Å². The van der Waals surface area contributed by atoms with Crippen LogP contribution in [0.3, 0.4) is 0 Å². The van der Waals surface area contributed by atoms with Gasteiger partial charge in [-0.1, -0.05) is 50.5 Å². The molecule has 1 spiro atoms. The molecule has 1 saturated heterocycles. The summed E-state index contributed by atoms with van der Waals surface area (Å²) in [5.41, 5.74) is 0.976. The molecule has 0 unspecified atom stereocenters. The number of hydrogen-bond acceptors (Lipinski definition) is 3. The lowest BCUT2D eigenvalue weighted by molar-refractivity contribution is -0.130. The maximum atomic E-state index is 12.5. The minimum absolute atomic E-state index is 0.181. The van der Waals surface area contributed by atoms with E-state index in [4.69, 9.17) is 0 Å². The summed E-state index contributed by atoms with van der Waals surface area (Å²) in [4.78, 5) is 38.1. The third-order valence-electron chi connectivity index (χ3n) is 4.82. The number of ketones is 1. The average molecular weight is 314 g/mol. The highest BCUT2D eigenvalue weighted by Crippen LogP contribution is 2.35. The van der Waals surface area contributed by atoms with E-state index < -0.39 is 11.6 Å². The molecule has 1 aliphatic carbocycles. The minimum Gasteiger partial charge on any atom is -0.323 e. The van der Waals surface area contributed by atoms with E-state index in [1.807, 2.05) is 12.1 Å². The number of imide groups is 1. The van der Waals surface area contributed by atoms with Crippen LogP contribution in [0, 0.1) is 0 Å². The van der Waals surface area contributed by atoms with Crippen LogP contribution in [0.4, 0.5) is 4.79 Å². The van der Waals surface area contributed by atoms with Gasteiger partial charge in [-0.3, -0.25) is 14.5 Å². The Morgan fingerprint density at radius 1 is 1.17 bits per heavy atom. The van der Waals surface area contributed by atoms with Gasteiger partial charge in [0.05, 0.1) is 6.54 Å². The molecule has 2 fully saturated rings. The van der Waals surface area contributed by atoms with Gasteiger partial charge >= 0.3 is 6.03 Å². The molecule has 122 valence electrons. The summed E-state index contributed by atoms with van der Waals surface area (Å²) in [6.07, 6.45) is 5.25. The van der Waals surface area contributed by atoms with E-state index in [2.05, 4.69) is 12.2 Å². The van der Waals surface area contributed by atoms with Crippen molar-refractivity contribution in [2.24, 2.45) is 0 Å². The number of nitrogens with one attached hydrogen (secondary N) is 1. The Labute approximate surface area is 136 Å². The number of carbonyl (C=O) groups excluding carboxylic acids is 3. The van der Waals surface area contributed by atoms with Crippen LogP contribution in [0.2, 0.25) is 0 Å². The molecule has 0 atom stereocenters. The van der Waals surface area contributed by atoms with Gasteiger partial charge in [-0.25, -0.2) is 4.79 Å². The zero-order valence-electron chi connectivity index (χ0n) is 13.4. The van der Waals surface area contributed by atoms with Crippen molar-refractivity contribution in [1.82, 2.24) is 10.2 Å². The molecule has 3 rings (SSSR count). The number of amides is 3. The van der Waals surface area contributed by atoms with Crippen molar-refractivity contribution in [1.29, 1.82) is 0 Å². The topological polar surface area (TPSA) is 66.5 Å². The Morgan fingerprint density at radius 3 is 2.43 bits per heavy atom. The molecule has 1 aliphatic heterocycles. The Kier molecular flexibility index (Phi) is 4.20. The van der Waals surface area contributed by atoms with Gasteiger partial charge in [0.15, 0.2) is 5.78 Å². The number of Topliss-reactive ketones (excluding diaryl/α,β-unsaturated/α-hetero) is 1. The predicted octanol–water partition coefficient (Wildman–Crippen LogP) is 2.69. The molecule has 23 heavy (non-hydrogen) atoms. The Balaban J connectivity index is 1.70. The van der Waals surface area contributed by atoms with E-state index in [1.165, 1.54) is 5.56 Å². The van der Waals surface area contributed by atoms with Gasteiger partial charge in [-0.05, 0) is 24.8 Å². The number of urea groups is 1. The molecule has 0 aromatic heterocycles. The molecule has 0 radical (unpaired) electrons. The molecule has 1 N–H and O–H groups in total. The highest BCUT2D eigenvalue weighted by atomic mass is 16.2. The predicted molar refractivity (Wildman–Crippen MR) is 86.2 cm³/mol. The van der Waals surface area contributed by atoms with E-state index in [0.717, 1.165) is 30.6 Å². The summed E-state index contributed by atoms with van der Waals surface area (Å²) in [6.45, 7) is 1.93. The summed E-state index contributed by atoms with van der Waals surface area (Å²) in [7, 11) is 0. The van der Waals surface area contributed by atoms with Crippen LogP contribution in [0.5, 0.6) is 0 Å². The smallest absolute Gasteiger partial charge is 0.323 e. The lowest BCUT2D eigenvalue weighted by Crippen LogP contribution is -2.44. The number of rotatable bonds is 5. The fraction of sp³-hybridized carbons (Fsp3) is 0.500. The first-order chi connectivity index (χ1) is 11.1. The van der Waals surface area contributed by atoms with Crippen LogP contribution in [-0.2, 0) is 11.2 Å². The van der Waals surface area contributed by atoms with Gasteiger partial charge in [0.25, 0.3) is 5.91 Å². The Bertz CT molecular complexity index is 630. The fourth-order valence-corrected chi connectivity index (χ4v) is 3.52. The quantitative estimate of drug-likeness (QED) is 0.671. The summed E-state index contributed by atoms with van der Waals surface area (Å²) in [5.74, 6) is -0.442. The standard InChI is InChI=1S/C18H22N2O3/c1-2-5-13-6-8-14(9-7-13)15(21)12-20-16(22)18(19-17(20)23)10-3-4-11-18/h6-9H,2-5,10-12H2,1H3,(H,19,23). The summed E-state index contributed by atoms with van der Waals surface area (Å²) in [5, 5.41) is 2.80. The number of hydrogen-bond donors (Lipinski definition) is 1. The molecule has 2 aliphatic rings. The van der Waals surface area contributed by atoms with Crippen LogP contribution in [0.1, 0.15) is 54.9 Å². The van der Waals surface area contributed by atoms with E-state index in [-0.39, 0.29) is 18.2 Å². The average Bonchev–Trinajstić information content (AvgIpc) is 3.10. The molecule has 1 saturated carbocycles. The van der Waals surface area contributed by atoms with Crippen molar-refractivity contribution >= 4 is 17.7 Å². The second-order valence-electron chi connectivity index (χ2n) is 6.48. The molecule has 1 heterocycles. The van der Waals surface area contributed by atoms with Crippen molar-refractivity contribution in [2.75, 3.05) is 6.54 Å². The molecule has 5 nitrogen and oxygen atoms in total. The fourth-order valence-electron chi connectivity index (χ4n) is 3.52.